The van der Waals surface area contributed by atoms with E-state index in [0.717, 1.165) is 12.8 Å². The van der Waals surface area contributed by atoms with Gasteiger partial charge in [-0.05, 0) is 29.3 Å². The highest BCUT2D eigenvalue weighted by Gasteiger charge is 1.88. The lowest BCUT2D eigenvalue weighted by Crippen LogP contribution is -1.80. The van der Waals surface area contributed by atoms with Crippen LogP contribution in [0.15, 0.2) is 11.5 Å². The Morgan fingerprint density at radius 1 is 1.07 bits per heavy atom. The molecule has 0 fully saturated rings. The molecule has 0 bridgehead atoms. The van der Waals surface area contributed by atoms with Gasteiger partial charge in [0, 0.05) is 0 Å². The van der Waals surface area contributed by atoms with Gasteiger partial charge in [-0.3, -0.25) is 4.21 Å². The SMILES string of the molecule is CCCCCCCCCC=CS(=O)[O-]. The lowest BCUT2D eigenvalue weighted by molar-refractivity contribution is 0.546. The summed E-state index contributed by atoms with van der Waals surface area (Å²) in [5.74, 6) is 0. The maximum Gasteiger partial charge on any atom is -0.0155 e. The lowest BCUT2D eigenvalue weighted by atomic mass is 10.1. The summed E-state index contributed by atoms with van der Waals surface area (Å²) >= 11 is -2.01. The van der Waals surface area contributed by atoms with E-state index in [4.69, 9.17) is 0 Å². The first kappa shape index (κ1) is 13.8. The molecule has 0 amide bonds. The second kappa shape index (κ2) is 10.9. The number of hydrogen-bond acceptors (Lipinski definition) is 2. The highest BCUT2D eigenvalue weighted by Crippen LogP contribution is 2.08. The minimum Gasteiger partial charge on any atom is -0.769 e. The molecule has 0 rings (SSSR count). The zero-order valence-electron chi connectivity index (χ0n) is 9.04. The van der Waals surface area contributed by atoms with Gasteiger partial charge in [-0.25, -0.2) is 0 Å². The van der Waals surface area contributed by atoms with E-state index in [9.17, 15) is 8.76 Å². The molecular formula is C11H21O2S-. The smallest absolute Gasteiger partial charge is 0.0155 e. The van der Waals surface area contributed by atoms with Crippen molar-refractivity contribution >= 4 is 11.1 Å². The number of unbranched alkanes of at least 4 members (excludes halogenated alkanes) is 7. The summed E-state index contributed by atoms with van der Waals surface area (Å²) in [4.78, 5) is 0. The van der Waals surface area contributed by atoms with Crippen LogP contribution in [0.3, 0.4) is 0 Å². The summed E-state index contributed by atoms with van der Waals surface area (Å²) in [5, 5.41) is 1.23. The van der Waals surface area contributed by atoms with Gasteiger partial charge in [-0.2, -0.15) is 0 Å². The Morgan fingerprint density at radius 3 is 2.21 bits per heavy atom. The van der Waals surface area contributed by atoms with Crippen LogP contribution in [0.25, 0.3) is 0 Å². The Hall–Kier alpha value is -0.150. The highest BCUT2D eigenvalue weighted by atomic mass is 32.2. The van der Waals surface area contributed by atoms with Crippen LogP contribution in [0, 0.1) is 0 Å². The molecule has 0 aliphatic rings. The summed E-state index contributed by atoms with van der Waals surface area (Å²) in [6.45, 7) is 2.22. The molecular weight excluding hydrogens is 196 g/mol. The van der Waals surface area contributed by atoms with Crippen LogP contribution in [-0.4, -0.2) is 8.76 Å². The molecule has 0 aliphatic heterocycles. The van der Waals surface area contributed by atoms with Crippen LogP contribution in [0.1, 0.15) is 58.3 Å². The van der Waals surface area contributed by atoms with Gasteiger partial charge >= 0.3 is 0 Å². The van der Waals surface area contributed by atoms with Crippen molar-refractivity contribution < 1.29 is 8.76 Å². The van der Waals surface area contributed by atoms with Crippen LogP contribution in [0.2, 0.25) is 0 Å². The summed E-state index contributed by atoms with van der Waals surface area (Å²) < 4.78 is 20.2. The largest absolute Gasteiger partial charge is 0.769 e. The number of allylic oxidation sites excluding steroid dienone is 1. The van der Waals surface area contributed by atoms with Gasteiger partial charge in [0.05, 0.1) is 0 Å². The van der Waals surface area contributed by atoms with Crippen LogP contribution < -0.4 is 0 Å². The quantitative estimate of drug-likeness (QED) is 0.438. The molecule has 1 atom stereocenters. The summed E-state index contributed by atoms with van der Waals surface area (Å²) in [7, 11) is 0. The third kappa shape index (κ3) is 11.8. The molecule has 0 spiro atoms. The van der Waals surface area contributed by atoms with Crippen molar-refractivity contribution in [3.05, 3.63) is 11.5 Å². The normalized spacial score (nSPS) is 13.6. The second-order valence-corrected chi connectivity index (χ2v) is 4.34. The van der Waals surface area contributed by atoms with Crippen molar-refractivity contribution in [3.63, 3.8) is 0 Å². The van der Waals surface area contributed by atoms with E-state index in [1.54, 1.807) is 6.08 Å². The average Bonchev–Trinajstić information content (AvgIpc) is 2.15. The summed E-state index contributed by atoms with van der Waals surface area (Å²) in [6, 6.07) is 0. The van der Waals surface area contributed by atoms with Gasteiger partial charge in [-0.1, -0.05) is 51.5 Å². The van der Waals surface area contributed by atoms with Crippen LogP contribution >= 0.6 is 0 Å². The predicted octanol–water partition coefficient (Wildman–Crippen LogP) is 3.52. The second-order valence-electron chi connectivity index (χ2n) is 3.54. The van der Waals surface area contributed by atoms with Crippen molar-refractivity contribution in [1.29, 1.82) is 0 Å². The molecule has 0 aromatic heterocycles. The molecule has 0 heterocycles. The molecule has 14 heavy (non-hydrogen) atoms. The number of rotatable bonds is 9. The zero-order valence-corrected chi connectivity index (χ0v) is 9.85. The molecule has 2 nitrogen and oxygen atoms in total. The molecule has 0 aromatic carbocycles. The van der Waals surface area contributed by atoms with Crippen LogP contribution in [0.5, 0.6) is 0 Å². The molecule has 0 saturated heterocycles. The standard InChI is InChI=1S/C11H22O2S/c1-2-3-4-5-6-7-8-9-10-11-14(12)13/h10-11H,2-9H2,1H3,(H,12,13)/p-1. The van der Waals surface area contributed by atoms with Gasteiger partial charge < -0.3 is 4.55 Å². The van der Waals surface area contributed by atoms with Gasteiger partial charge in [0.25, 0.3) is 0 Å². The Bertz CT molecular complexity index is 167. The highest BCUT2D eigenvalue weighted by molar-refractivity contribution is 7.82. The Morgan fingerprint density at radius 2 is 1.64 bits per heavy atom. The van der Waals surface area contributed by atoms with E-state index >= 15 is 0 Å². The van der Waals surface area contributed by atoms with E-state index in [0.29, 0.717) is 0 Å². The maximum atomic E-state index is 10.1. The van der Waals surface area contributed by atoms with E-state index in [1.807, 2.05) is 0 Å². The Kier molecular flexibility index (Phi) is 10.8. The Labute approximate surface area is 90.1 Å². The summed E-state index contributed by atoms with van der Waals surface area (Å²) in [5.41, 5.74) is 0. The Balaban J connectivity index is 3.02. The van der Waals surface area contributed by atoms with Gasteiger partial charge in [0.15, 0.2) is 0 Å². The van der Waals surface area contributed by atoms with E-state index < -0.39 is 11.1 Å². The van der Waals surface area contributed by atoms with Crippen molar-refractivity contribution in [2.24, 2.45) is 0 Å². The van der Waals surface area contributed by atoms with Gasteiger partial charge in [-0.15, -0.1) is 0 Å². The molecule has 3 heteroatoms. The molecule has 1 unspecified atom stereocenters. The first-order valence-electron chi connectivity index (χ1n) is 5.52. The molecule has 0 saturated carbocycles. The third-order valence-corrected chi connectivity index (χ3v) is 2.60. The average molecular weight is 217 g/mol. The maximum absolute atomic E-state index is 10.1. The van der Waals surface area contributed by atoms with Crippen LogP contribution in [-0.2, 0) is 11.1 Å². The monoisotopic (exact) mass is 217 g/mol. The van der Waals surface area contributed by atoms with E-state index in [-0.39, 0.29) is 0 Å². The fourth-order valence-electron chi connectivity index (χ4n) is 1.37. The van der Waals surface area contributed by atoms with Crippen LogP contribution in [0.4, 0.5) is 0 Å². The minimum atomic E-state index is -2.01. The van der Waals surface area contributed by atoms with E-state index in [2.05, 4.69) is 6.92 Å². The molecule has 0 aliphatic carbocycles. The predicted molar refractivity (Wildman–Crippen MR) is 60.7 cm³/mol. The fraction of sp³-hybridized carbons (Fsp3) is 0.818. The first-order chi connectivity index (χ1) is 6.77. The van der Waals surface area contributed by atoms with E-state index in [1.165, 1.54) is 43.9 Å². The van der Waals surface area contributed by atoms with Gasteiger partial charge in [0.1, 0.15) is 0 Å². The minimum absolute atomic E-state index is 0.891. The molecule has 0 aromatic rings. The topological polar surface area (TPSA) is 40.1 Å². The fourth-order valence-corrected chi connectivity index (χ4v) is 1.66. The van der Waals surface area contributed by atoms with Crippen molar-refractivity contribution in [1.82, 2.24) is 0 Å². The molecule has 0 N–H and O–H groups in total. The van der Waals surface area contributed by atoms with Crippen molar-refractivity contribution in [2.75, 3.05) is 0 Å². The first-order valence-corrected chi connectivity index (χ1v) is 6.66. The van der Waals surface area contributed by atoms with Crippen molar-refractivity contribution in [3.8, 4) is 0 Å². The molecule has 0 radical (unpaired) electrons. The summed E-state index contributed by atoms with van der Waals surface area (Å²) in [6.07, 6.45) is 11.5. The zero-order chi connectivity index (χ0) is 10.6. The van der Waals surface area contributed by atoms with Crippen molar-refractivity contribution in [2.45, 2.75) is 58.3 Å². The molecule has 84 valence electrons. The number of hydrogen-bond donors (Lipinski definition) is 0. The van der Waals surface area contributed by atoms with Gasteiger partial charge in [0.2, 0.25) is 0 Å². The third-order valence-electron chi connectivity index (χ3n) is 2.18. The lowest BCUT2D eigenvalue weighted by Gasteiger charge is -1.99.